The quantitative estimate of drug-likeness (QED) is 0.842. The van der Waals surface area contributed by atoms with Crippen molar-refractivity contribution < 1.29 is 18.3 Å². The molecule has 0 unspecified atom stereocenters. The number of hydrogen-bond acceptors (Lipinski definition) is 2. The van der Waals surface area contributed by atoms with Crippen molar-refractivity contribution in [1.82, 2.24) is 9.78 Å². The molecular weight excluding hydrogens is 352 g/mol. The number of halogens is 5. The molecule has 0 fully saturated rings. The minimum absolute atomic E-state index is 0.144. The van der Waals surface area contributed by atoms with Crippen LogP contribution in [0.2, 0.25) is 10.0 Å². The normalized spacial score (nSPS) is 12.0. The number of benzene rings is 1. The van der Waals surface area contributed by atoms with Gasteiger partial charge in [0.2, 0.25) is 0 Å². The Morgan fingerprint density at radius 3 is 2.09 bits per heavy atom. The molecule has 1 aromatic carbocycles. The van der Waals surface area contributed by atoms with E-state index in [1.807, 2.05) is 13.8 Å². The van der Waals surface area contributed by atoms with Crippen LogP contribution in [0.15, 0.2) is 12.1 Å². The van der Waals surface area contributed by atoms with Gasteiger partial charge in [-0.15, -0.1) is 0 Å². The highest BCUT2D eigenvalue weighted by Crippen LogP contribution is 2.38. The first kappa shape index (κ1) is 18.1. The van der Waals surface area contributed by atoms with E-state index in [4.69, 9.17) is 23.2 Å². The standard InChI is InChI=1S/C15H15Cl2F3N2O/c1-3-12-9(7-23)13(4-2)22(21-12)14-10(16)5-8(6-11(14)17)15(18,19)20/h5-6,23H,3-4,7H2,1-2H3. The summed E-state index contributed by atoms with van der Waals surface area (Å²) in [5, 5.41) is 13.6. The fourth-order valence-corrected chi connectivity index (χ4v) is 3.13. The molecule has 2 rings (SSSR count). The Balaban J connectivity index is 2.70. The second kappa shape index (κ2) is 6.71. The van der Waals surface area contributed by atoms with Crippen LogP contribution in [-0.4, -0.2) is 14.9 Å². The van der Waals surface area contributed by atoms with Gasteiger partial charge in [-0.2, -0.15) is 18.3 Å². The minimum atomic E-state index is -4.53. The molecule has 0 radical (unpaired) electrons. The molecule has 0 amide bonds. The van der Waals surface area contributed by atoms with Crippen molar-refractivity contribution in [2.75, 3.05) is 0 Å². The molecule has 0 saturated carbocycles. The van der Waals surface area contributed by atoms with E-state index in [-0.39, 0.29) is 22.3 Å². The zero-order chi connectivity index (χ0) is 17.4. The Bertz CT molecular complexity index is 703. The van der Waals surface area contributed by atoms with E-state index >= 15 is 0 Å². The molecule has 126 valence electrons. The van der Waals surface area contributed by atoms with Crippen molar-refractivity contribution in [3.8, 4) is 5.69 Å². The molecule has 0 atom stereocenters. The van der Waals surface area contributed by atoms with Crippen LogP contribution in [0, 0.1) is 0 Å². The fourth-order valence-electron chi connectivity index (χ4n) is 2.48. The number of hydrogen-bond donors (Lipinski definition) is 1. The maximum atomic E-state index is 12.8. The summed E-state index contributed by atoms with van der Waals surface area (Å²) in [7, 11) is 0. The third-order valence-electron chi connectivity index (χ3n) is 3.56. The van der Waals surface area contributed by atoms with E-state index in [0.29, 0.717) is 29.8 Å². The molecule has 23 heavy (non-hydrogen) atoms. The second-order valence-electron chi connectivity index (χ2n) is 4.94. The van der Waals surface area contributed by atoms with E-state index < -0.39 is 11.7 Å². The first-order chi connectivity index (χ1) is 10.7. The molecule has 1 aromatic heterocycles. The fraction of sp³-hybridized carbons (Fsp3) is 0.400. The zero-order valence-electron chi connectivity index (χ0n) is 12.5. The highest BCUT2D eigenvalue weighted by molar-refractivity contribution is 6.37. The van der Waals surface area contributed by atoms with Crippen molar-refractivity contribution in [1.29, 1.82) is 0 Å². The van der Waals surface area contributed by atoms with E-state index in [9.17, 15) is 18.3 Å². The van der Waals surface area contributed by atoms with Gasteiger partial charge in [-0.3, -0.25) is 0 Å². The number of aliphatic hydroxyl groups excluding tert-OH is 1. The lowest BCUT2D eigenvalue weighted by Gasteiger charge is -2.14. The molecule has 3 nitrogen and oxygen atoms in total. The summed E-state index contributed by atoms with van der Waals surface area (Å²) in [6.07, 6.45) is -3.43. The van der Waals surface area contributed by atoms with Crippen molar-refractivity contribution in [3.05, 3.63) is 44.7 Å². The van der Waals surface area contributed by atoms with Crippen LogP contribution in [-0.2, 0) is 25.6 Å². The molecule has 8 heteroatoms. The molecule has 0 aliphatic carbocycles. The van der Waals surface area contributed by atoms with Gasteiger partial charge in [0.15, 0.2) is 0 Å². The van der Waals surface area contributed by atoms with Gasteiger partial charge in [-0.25, -0.2) is 4.68 Å². The lowest BCUT2D eigenvalue weighted by atomic mass is 10.1. The minimum Gasteiger partial charge on any atom is -0.392 e. The van der Waals surface area contributed by atoms with Gasteiger partial charge in [0.25, 0.3) is 0 Å². The summed E-state index contributed by atoms with van der Waals surface area (Å²) >= 11 is 12.1. The lowest BCUT2D eigenvalue weighted by Crippen LogP contribution is -2.09. The van der Waals surface area contributed by atoms with Gasteiger partial charge >= 0.3 is 6.18 Å². The predicted molar refractivity (Wildman–Crippen MR) is 83.3 cm³/mol. The number of aliphatic hydroxyl groups is 1. The maximum absolute atomic E-state index is 12.8. The number of aromatic nitrogens is 2. The van der Waals surface area contributed by atoms with E-state index in [2.05, 4.69) is 5.10 Å². The Kier molecular flexibility index (Phi) is 5.28. The summed E-state index contributed by atoms with van der Waals surface area (Å²) in [4.78, 5) is 0. The molecule has 0 saturated heterocycles. The number of nitrogens with zero attached hydrogens (tertiary/aromatic N) is 2. The maximum Gasteiger partial charge on any atom is 0.416 e. The van der Waals surface area contributed by atoms with Crippen molar-refractivity contribution in [2.45, 2.75) is 39.5 Å². The average molecular weight is 367 g/mol. The molecule has 0 aliphatic heterocycles. The van der Waals surface area contributed by atoms with Crippen LogP contribution in [0.1, 0.15) is 36.4 Å². The Labute approximate surface area is 141 Å². The van der Waals surface area contributed by atoms with Gasteiger partial charge in [0.05, 0.1) is 27.9 Å². The zero-order valence-corrected chi connectivity index (χ0v) is 14.0. The molecule has 0 aliphatic rings. The molecule has 1 N–H and O–H groups in total. The molecule has 0 spiro atoms. The third-order valence-corrected chi connectivity index (χ3v) is 4.13. The topological polar surface area (TPSA) is 38.0 Å². The summed E-state index contributed by atoms with van der Waals surface area (Å²) in [5.41, 5.74) is 1.26. The van der Waals surface area contributed by atoms with Crippen LogP contribution < -0.4 is 0 Å². The van der Waals surface area contributed by atoms with Crippen LogP contribution in [0.4, 0.5) is 13.2 Å². The van der Waals surface area contributed by atoms with Gasteiger partial charge in [-0.1, -0.05) is 37.0 Å². The van der Waals surface area contributed by atoms with Crippen molar-refractivity contribution in [2.24, 2.45) is 0 Å². The Hall–Kier alpha value is -1.24. The second-order valence-corrected chi connectivity index (χ2v) is 5.75. The van der Waals surface area contributed by atoms with Gasteiger partial charge in [-0.05, 0) is 25.0 Å². The summed E-state index contributed by atoms with van der Waals surface area (Å²) < 4.78 is 39.9. The number of alkyl halides is 3. The summed E-state index contributed by atoms with van der Waals surface area (Å²) in [5.74, 6) is 0. The highest BCUT2D eigenvalue weighted by Gasteiger charge is 2.32. The largest absolute Gasteiger partial charge is 0.416 e. The molecule has 0 bridgehead atoms. The van der Waals surface area contributed by atoms with Crippen LogP contribution >= 0.6 is 23.2 Å². The van der Waals surface area contributed by atoms with Crippen molar-refractivity contribution in [3.63, 3.8) is 0 Å². The van der Waals surface area contributed by atoms with Crippen LogP contribution in [0.5, 0.6) is 0 Å². The summed E-state index contributed by atoms with van der Waals surface area (Å²) in [6.45, 7) is 3.53. The van der Waals surface area contributed by atoms with Crippen LogP contribution in [0.25, 0.3) is 5.69 Å². The smallest absolute Gasteiger partial charge is 0.392 e. The molecule has 1 heterocycles. The monoisotopic (exact) mass is 366 g/mol. The van der Waals surface area contributed by atoms with Gasteiger partial charge in [0.1, 0.15) is 5.69 Å². The van der Waals surface area contributed by atoms with E-state index in [0.717, 1.165) is 12.1 Å². The van der Waals surface area contributed by atoms with Crippen molar-refractivity contribution >= 4 is 23.2 Å². The third kappa shape index (κ3) is 3.34. The first-order valence-corrected chi connectivity index (χ1v) is 7.77. The predicted octanol–water partition coefficient (Wildman–Crippen LogP) is 4.82. The average Bonchev–Trinajstić information content (AvgIpc) is 2.82. The number of aryl methyl sites for hydroxylation is 1. The lowest BCUT2D eigenvalue weighted by molar-refractivity contribution is -0.137. The highest BCUT2D eigenvalue weighted by atomic mass is 35.5. The SMILES string of the molecule is CCc1nn(-c2c(Cl)cc(C(F)(F)F)cc2Cl)c(CC)c1CO. The molecular formula is C15H15Cl2F3N2O. The van der Waals surface area contributed by atoms with Crippen LogP contribution in [0.3, 0.4) is 0 Å². The first-order valence-electron chi connectivity index (χ1n) is 7.01. The van der Waals surface area contributed by atoms with Gasteiger partial charge < -0.3 is 5.11 Å². The number of rotatable bonds is 4. The van der Waals surface area contributed by atoms with Gasteiger partial charge in [0, 0.05) is 11.3 Å². The summed E-state index contributed by atoms with van der Waals surface area (Å²) in [6, 6.07) is 1.66. The molecule has 2 aromatic rings. The Morgan fingerprint density at radius 1 is 1.13 bits per heavy atom. The van der Waals surface area contributed by atoms with E-state index in [1.165, 1.54) is 4.68 Å². The van der Waals surface area contributed by atoms with E-state index in [1.54, 1.807) is 0 Å². The Morgan fingerprint density at radius 2 is 1.70 bits per heavy atom.